The first-order valence-corrected chi connectivity index (χ1v) is 9.14. The third-order valence-electron chi connectivity index (χ3n) is 4.62. The number of aromatic nitrogens is 4. The standard InChI is InChI=1S/C22H20FN5O/c1-29-9-8-28-14-16(11-27-28)18-5-3-2-4-17(18)15-6-7-19(20(23)10-15)21-12-26-22(24)13-25-21/h2-7,10-14H,8-9H2,1H3,(H2,24,26). The number of hydrogen-bond donors (Lipinski definition) is 1. The fraction of sp³-hybridized carbons (Fsp3) is 0.136. The van der Waals surface area contributed by atoms with Gasteiger partial charge in [0.2, 0.25) is 0 Å². The monoisotopic (exact) mass is 389 g/mol. The van der Waals surface area contributed by atoms with Crippen LogP contribution in [0.15, 0.2) is 67.3 Å². The quantitative estimate of drug-likeness (QED) is 0.538. The Morgan fingerprint density at radius 1 is 0.966 bits per heavy atom. The zero-order chi connectivity index (χ0) is 20.2. The highest BCUT2D eigenvalue weighted by Gasteiger charge is 2.13. The number of nitrogens with two attached hydrogens (primary N) is 1. The maximum absolute atomic E-state index is 14.9. The highest BCUT2D eigenvalue weighted by Crippen LogP contribution is 2.34. The molecule has 0 spiro atoms. The van der Waals surface area contributed by atoms with Gasteiger partial charge >= 0.3 is 0 Å². The Balaban J connectivity index is 1.70. The lowest BCUT2D eigenvalue weighted by Crippen LogP contribution is -2.03. The van der Waals surface area contributed by atoms with Crippen molar-refractivity contribution in [1.82, 2.24) is 19.7 Å². The van der Waals surface area contributed by atoms with Crippen molar-refractivity contribution in [1.29, 1.82) is 0 Å². The molecule has 0 fully saturated rings. The summed E-state index contributed by atoms with van der Waals surface area (Å²) in [6.45, 7) is 1.26. The molecule has 29 heavy (non-hydrogen) atoms. The van der Waals surface area contributed by atoms with E-state index in [1.165, 1.54) is 18.5 Å². The van der Waals surface area contributed by atoms with E-state index in [4.69, 9.17) is 10.5 Å². The Kier molecular flexibility index (Phi) is 5.31. The van der Waals surface area contributed by atoms with Crippen molar-refractivity contribution in [3.8, 4) is 33.5 Å². The molecule has 0 saturated heterocycles. The summed E-state index contributed by atoms with van der Waals surface area (Å²) in [7, 11) is 1.66. The van der Waals surface area contributed by atoms with Gasteiger partial charge in [-0.05, 0) is 28.8 Å². The smallest absolute Gasteiger partial charge is 0.141 e. The molecule has 2 N–H and O–H groups in total. The lowest BCUT2D eigenvalue weighted by atomic mass is 9.95. The number of nitrogen functional groups attached to an aromatic ring is 1. The Morgan fingerprint density at radius 2 is 1.76 bits per heavy atom. The predicted octanol–water partition coefficient (Wildman–Crippen LogP) is 4.04. The lowest BCUT2D eigenvalue weighted by Gasteiger charge is -2.10. The largest absolute Gasteiger partial charge is 0.383 e. The highest BCUT2D eigenvalue weighted by atomic mass is 19.1. The Labute approximate surface area is 167 Å². The molecule has 0 bridgehead atoms. The molecule has 0 aliphatic carbocycles. The van der Waals surface area contributed by atoms with E-state index in [-0.39, 0.29) is 5.82 Å². The van der Waals surface area contributed by atoms with Crippen LogP contribution in [0, 0.1) is 5.82 Å². The first-order valence-electron chi connectivity index (χ1n) is 9.14. The molecule has 0 atom stereocenters. The van der Waals surface area contributed by atoms with E-state index in [0.717, 1.165) is 22.3 Å². The number of methoxy groups -OCH3 is 1. The summed E-state index contributed by atoms with van der Waals surface area (Å²) < 4.78 is 21.8. The fourth-order valence-electron chi connectivity index (χ4n) is 3.16. The lowest BCUT2D eigenvalue weighted by molar-refractivity contribution is 0.183. The maximum Gasteiger partial charge on any atom is 0.141 e. The van der Waals surface area contributed by atoms with E-state index in [0.29, 0.717) is 30.2 Å². The van der Waals surface area contributed by atoms with Gasteiger partial charge in [-0.15, -0.1) is 0 Å². The van der Waals surface area contributed by atoms with Crippen molar-refractivity contribution >= 4 is 5.82 Å². The van der Waals surface area contributed by atoms with Crippen molar-refractivity contribution in [3.05, 3.63) is 73.1 Å². The molecular formula is C22H20FN5O. The van der Waals surface area contributed by atoms with Gasteiger partial charge in [0.05, 0.1) is 37.4 Å². The molecule has 0 saturated carbocycles. The summed E-state index contributed by atoms with van der Waals surface area (Å²) in [6, 6.07) is 13.0. The van der Waals surface area contributed by atoms with Crippen molar-refractivity contribution < 1.29 is 9.13 Å². The van der Waals surface area contributed by atoms with Gasteiger partial charge in [0.25, 0.3) is 0 Å². The summed E-state index contributed by atoms with van der Waals surface area (Å²) in [5, 5.41) is 4.38. The van der Waals surface area contributed by atoms with Gasteiger partial charge in [0.1, 0.15) is 11.6 Å². The van der Waals surface area contributed by atoms with Gasteiger partial charge < -0.3 is 10.5 Å². The summed E-state index contributed by atoms with van der Waals surface area (Å²) >= 11 is 0. The highest BCUT2D eigenvalue weighted by molar-refractivity contribution is 5.83. The molecule has 0 radical (unpaired) electrons. The average molecular weight is 389 g/mol. The van der Waals surface area contributed by atoms with E-state index in [9.17, 15) is 4.39 Å². The number of nitrogens with zero attached hydrogens (tertiary/aromatic N) is 4. The molecule has 4 aromatic rings. The van der Waals surface area contributed by atoms with Crippen LogP contribution in [-0.4, -0.2) is 33.5 Å². The minimum atomic E-state index is -0.368. The molecule has 4 rings (SSSR count). The topological polar surface area (TPSA) is 78.9 Å². The molecule has 0 amide bonds. The minimum Gasteiger partial charge on any atom is -0.383 e. The van der Waals surface area contributed by atoms with Crippen LogP contribution in [0.5, 0.6) is 0 Å². The van der Waals surface area contributed by atoms with Crippen LogP contribution in [0.25, 0.3) is 33.5 Å². The van der Waals surface area contributed by atoms with Crippen molar-refractivity contribution in [2.24, 2.45) is 0 Å². The number of hydrogen-bond acceptors (Lipinski definition) is 5. The van der Waals surface area contributed by atoms with Crippen molar-refractivity contribution in [3.63, 3.8) is 0 Å². The normalized spacial score (nSPS) is 11.0. The van der Waals surface area contributed by atoms with Crippen LogP contribution in [0.4, 0.5) is 10.2 Å². The van der Waals surface area contributed by atoms with Gasteiger partial charge in [-0.25, -0.2) is 9.37 Å². The Bertz CT molecular complexity index is 1120. The maximum atomic E-state index is 14.9. The molecule has 2 aromatic carbocycles. The summed E-state index contributed by atoms with van der Waals surface area (Å²) in [6.07, 6.45) is 6.66. The second kappa shape index (κ2) is 8.20. The summed E-state index contributed by atoms with van der Waals surface area (Å²) in [5.74, 6) is -0.0714. The molecule has 6 nitrogen and oxygen atoms in total. The van der Waals surface area contributed by atoms with Crippen LogP contribution < -0.4 is 5.73 Å². The van der Waals surface area contributed by atoms with Crippen LogP contribution >= 0.6 is 0 Å². The van der Waals surface area contributed by atoms with E-state index in [1.807, 2.05) is 47.4 Å². The van der Waals surface area contributed by atoms with Crippen LogP contribution in [0.3, 0.4) is 0 Å². The number of rotatable bonds is 6. The van der Waals surface area contributed by atoms with Crippen molar-refractivity contribution in [2.45, 2.75) is 6.54 Å². The second-order valence-electron chi connectivity index (χ2n) is 6.55. The molecule has 0 aliphatic rings. The minimum absolute atomic E-state index is 0.297. The number of halogens is 1. The molecule has 146 valence electrons. The first kappa shape index (κ1) is 18.8. The van der Waals surface area contributed by atoms with Gasteiger partial charge in [-0.3, -0.25) is 9.67 Å². The van der Waals surface area contributed by atoms with Gasteiger partial charge in [-0.1, -0.05) is 30.3 Å². The van der Waals surface area contributed by atoms with Crippen LogP contribution in [0.1, 0.15) is 0 Å². The molecule has 0 aliphatic heterocycles. The van der Waals surface area contributed by atoms with Crippen LogP contribution in [-0.2, 0) is 11.3 Å². The number of benzene rings is 2. The SMILES string of the molecule is COCCn1cc(-c2ccccc2-c2ccc(-c3cnc(N)cn3)c(F)c2)cn1. The fourth-order valence-corrected chi connectivity index (χ4v) is 3.16. The molecule has 2 heterocycles. The summed E-state index contributed by atoms with van der Waals surface area (Å²) in [4.78, 5) is 8.14. The third kappa shape index (κ3) is 4.00. The van der Waals surface area contributed by atoms with Gasteiger partial charge in [0.15, 0.2) is 0 Å². The van der Waals surface area contributed by atoms with E-state index < -0.39 is 0 Å². The number of ether oxygens (including phenoxy) is 1. The second-order valence-corrected chi connectivity index (χ2v) is 6.55. The molecule has 7 heteroatoms. The first-order chi connectivity index (χ1) is 14.2. The van der Waals surface area contributed by atoms with Crippen LogP contribution in [0.2, 0.25) is 0 Å². The predicted molar refractivity (Wildman–Crippen MR) is 110 cm³/mol. The third-order valence-corrected chi connectivity index (χ3v) is 4.62. The van der Waals surface area contributed by atoms with Gasteiger partial charge in [0, 0.05) is 24.4 Å². The number of anilines is 1. The van der Waals surface area contributed by atoms with E-state index >= 15 is 0 Å². The molecular weight excluding hydrogens is 369 g/mol. The Hall–Kier alpha value is -3.58. The molecule has 2 aromatic heterocycles. The zero-order valence-corrected chi connectivity index (χ0v) is 15.9. The van der Waals surface area contributed by atoms with E-state index in [2.05, 4.69) is 15.1 Å². The van der Waals surface area contributed by atoms with Gasteiger partial charge in [-0.2, -0.15) is 5.10 Å². The summed E-state index contributed by atoms with van der Waals surface area (Å²) in [5.41, 5.74) is 10.0. The Morgan fingerprint density at radius 3 is 2.45 bits per heavy atom. The zero-order valence-electron chi connectivity index (χ0n) is 15.9. The van der Waals surface area contributed by atoms with E-state index in [1.54, 1.807) is 13.2 Å². The molecule has 0 unspecified atom stereocenters. The van der Waals surface area contributed by atoms with Crippen molar-refractivity contribution in [2.75, 3.05) is 19.5 Å². The average Bonchev–Trinajstić information content (AvgIpc) is 3.22.